The van der Waals surface area contributed by atoms with Crippen molar-refractivity contribution in [2.45, 2.75) is 26.6 Å². The van der Waals surface area contributed by atoms with E-state index < -0.39 is 16.6 Å². The molecule has 3 nitrogen and oxygen atoms in total. The van der Waals surface area contributed by atoms with Crippen LogP contribution in [0.4, 0.5) is 0 Å². The van der Waals surface area contributed by atoms with E-state index in [-0.39, 0.29) is 12.2 Å². The van der Waals surface area contributed by atoms with Crippen LogP contribution in [-0.4, -0.2) is 28.8 Å². The molecule has 0 unspecified atom stereocenters. The van der Waals surface area contributed by atoms with Gasteiger partial charge in [-0.25, -0.2) is 4.79 Å². The maximum Gasteiger partial charge on any atom is 0.332 e. The van der Waals surface area contributed by atoms with Crippen LogP contribution < -0.4 is 10.4 Å². The molecule has 0 radical (unpaired) electrons. The van der Waals surface area contributed by atoms with E-state index in [1.807, 2.05) is 36.4 Å². The summed E-state index contributed by atoms with van der Waals surface area (Å²) in [6.45, 7) is 11.9. The van der Waals surface area contributed by atoms with Crippen molar-refractivity contribution < 1.29 is 13.6 Å². The van der Waals surface area contributed by atoms with E-state index in [4.69, 9.17) is 8.85 Å². The Morgan fingerprint density at radius 3 is 1.72 bits per heavy atom. The van der Waals surface area contributed by atoms with Gasteiger partial charge in [0.05, 0.1) is 0 Å². The summed E-state index contributed by atoms with van der Waals surface area (Å²) in [7, 11) is -4.62. The highest BCUT2D eigenvalue weighted by Gasteiger charge is 2.44. The van der Waals surface area contributed by atoms with Crippen LogP contribution in [-0.2, 0) is 13.6 Å². The van der Waals surface area contributed by atoms with E-state index >= 15 is 0 Å². The molecule has 0 bridgehead atoms. The highest BCUT2D eigenvalue weighted by atomic mass is 28.4. The average Bonchev–Trinajstić information content (AvgIpc) is 2.58. The number of carbonyl (C=O) groups excluding carboxylic acids is 1. The van der Waals surface area contributed by atoms with Crippen molar-refractivity contribution in [3.63, 3.8) is 0 Å². The smallest absolute Gasteiger partial charge is 0.332 e. The lowest BCUT2D eigenvalue weighted by Crippen LogP contribution is -2.68. The first-order chi connectivity index (χ1) is 11.7. The van der Waals surface area contributed by atoms with Crippen molar-refractivity contribution in [2.75, 3.05) is 6.23 Å². The van der Waals surface area contributed by atoms with E-state index in [1.54, 1.807) is 6.92 Å². The second-order valence-electron chi connectivity index (χ2n) is 7.13. The number of esters is 1. The maximum atomic E-state index is 12.1. The minimum Gasteiger partial charge on any atom is -0.462 e. The van der Waals surface area contributed by atoms with Crippen molar-refractivity contribution in [2.24, 2.45) is 0 Å². The molecule has 0 heterocycles. The number of hydrogen-bond donors (Lipinski definition) is 0. The van der Waals surface area contributed by atoms with Gasteiger partial charge < -0.3 is 8.85 Å². The molecule has 0 N–H and O–H groups in total. The molecule has 0 fully saturated rings. The normalized spacial score (nSPS) is 11.8. The van der Waals surface area contributed by atoms with Crippen molar-refractivity contribution in [1.29, 1.82) is 0 Å². The molecule has 0 aliphatic heterocycles. The van der Waals surface area contributed by atoms with Gasteiger partial charge in [-0.05, 0) is 36.9 Å². The predicted molar refractivity (Wildman–Crippen MR) is 108 cm³/mol. The molecule has 2 aromatic rings. The Labute approximate surface area is 152 Å². The van der Waals surface area contributed by atoms with E-state index in [0.717, 1.165) is 10.4 Å². The van der Waals surface area contributed by atoms with Gasteiger partial charge in [0.1, 0.15) is 6.23 Å². The van der Waals surface area contributed by atoms with Crippen molar-refractivity contribution in [1.82, 2.24) is 0 Å². The Morgan fingerprint density at radius 1 is 0.920 bits per heavy atom. The topological polar surface area (TPSA) is 35.5 Å². The van der Waals surface area contributed by atoms with Crippen LogP contribution in [0.2, 0.25) is 19.6 Å². The molecule has 0 amide bonds. The van der Waals surface area contributed by atoms with Crippen LogP contribution in [0.15, 0.2) is 72.8 Å². The Morgan fingerprint density at radius 2 is 1.36 bits per heavy atom. The van der Waals surface area contributed by atoms with Crippen LogP contribution in [0.25, 0.3) is 0 Å². The first-order valence-electron chi connectivity index (χ1n) is 8.38. The summed E-state index contributed by atoms with van der Waals surface area (Å²) in [5.74, 6) is -0.372. The van der Waals surface area contributed by atoms with E-state index in [0.29, 0.717) is 5.57 Å². The molecule has 2 rings (SSSR count). The molecule has 2 aromatic carbocycles. The fourth-order valence-electron chi connectivity index (χ4n) is 2.71. The molecular formula is C20H26O3Si2. The Balaban J connectivity index is 2.57. The standard InChI is InChI=1S/C20H26O3Si2/c1-17(2)20(21)22-16-25(23-24(3,4)5,18-12-8-6-9-13-18)19-14-10-7-11-15-19/h6-15H,1,16H2,2-5H3. The van der Waals surface area contributed by atoms with Crippen LogP contribution in [0, 0.1) is 0 Å². The molecule has 0 aliphatic rings. The second kappa shape index (κ2) is 7.95. The minimum atomic E-state index is -2.71. The Bertz CT molecular complexity index is 682. The highest BCUT2D eigenvalue weighted by molar-refractivity contribution is 7.02. The summed E-state index contributed by atoms with van der Waals surface area (Å²) in [5, 5.41) is 2.22. The van der Waals surface area contributed by atoms with E-state index in [1.165, 1.54) is 0 Å². The molecule has 0 saturated carbocycles. The van der Waals surface area contributed by atoms with E-state index in [2.05, 4.69) is 50.5 Å². The fourth-order valence-corrected chi connectivity index (χ4v) is 10.5. The van der Waals surface area contributed by atoms with Crippen molar-refractivity contribution >= 4 is 33.0 Å². The molecule has 0 atom stereocenters. The zero-order valence-corrected chi connectivity index (χ0v) is 17.4. The van der Waals surface area contributed by atoms with Gasteiger partial charge in [-0.2, -0.15) is 0 Å². The SMILES string of the molecule is C=C(C)C(=O)OC[Si](O[Si](C)(C)C)(c1ccccc1)c1ccccc1. The lowest BCUT2D eigenvalue weighted by atomic mass is 10.4. The summed E-state index contributed by atoms with van der Waals surface area (Å²) in [6, 6.07) is 20.3. The van der Waals surface area contributed by atoms with Crippen molar-refractivity contribution in [3.8, 4) is 0 Å². The van der Waals surface area contributed by atoms with Gasteiger partial charge >= 0.3 is 5.97 Å². The first kappa shape index (κ1) is 19.4. The van der Waals surface area contributed by atoms with Gasteiger partial charge in [-0.1, -0.05) is 67.2 Å². The van der Waals surface area contributed by atoms with Gasteiger partial charge in [-0.15, -0.1) is 0 Å². The van der Waals surface area contributed by atoms with Crippen LogP contribution >= 0.6 is 0 Å². The Kier molecular flexibility index (Phi) is 6.16. The summed E-state index contributed by atoms with van der Waals surface area (Å²) < 4.78 is 12.4. The summed E-state index contributed by atoms with van der Waals surface area (Å²) in [5.41, 5.74) is 0.400. The van der Waals surface area contributed by atoms with Gasteiger partial charge in [0, 0.05) is 5.57 Å². The third-order valence-corrected chi connectivity index (χ3v) is 10.6. The second-order valence-corrected chi connectivity index (χ2v) is 15.3. The molecule has 0 saturated heterocycles. The molecule has 25 heavy (non-hydrogen) atoms. The predicted octanol–water partition coefficient (Wildman–Crippen LogP) is 3.26. The minimum absolute atomic E-state index is 0.247. The third kappa shape index (κ3) is 5.01. The van der Waals surface area contributed by atoms with Gasteiger partial charge in [-0.3, -0.25) is 0 Å². The molecule has 0 aliphatic carbocycles. The summed E-state index contributed by atoms with van der Waals surface area (Å²) in [4.78, 5) is 12.1. The lowest BCUT2D eigenvalue weighted by molar-refractivity contribution is -0.137. The monoisotopic (exact) mass is 370 g/mol. The number of ether oxygens (including phenoxy) is 1. The fraction of sp³-hybridized carbons (Fsp3) is 0.250. The molecule has 0 aromatic heterocycles. The van der Waals surface area contributed by atoms with Crippen LogP contribution in [0.3, 0.4) is 0 Å². The number of benzene rings is 2. The average molecular weight is 371 g/mol. The lowest BCUT2D eigenvalue weighted by Gasteiger charge is -2.37. The largest absolute Gasteiger partial charge is 0.462 e. The number of carbonyl (C=O) groups is 1. The molecule has 5 heteroatoms. The zero-order valence-electron chi connectivity index (χ0n) is 15.4. The quantitative estimate of drug-likeness (QED) is 0.426. The first-order valence-corrected chi connectivity index (χ1v) is 13.9. The maximum absolute atomic E-state index is 12.1. The zero-order chi connectivity index (χ0) is 18.5. The molecular weight excluding hydrogens is 344 g/mol. The number of rotatable bonds is 7. The third-order valence-electron chi connectivity index (χ3n) is 3.72. The summed E-state index contributed by atoms with van der Waals surface area (Å²) >= 11 is 0. The highest BCUT2D eigenvalue weighted by Crippen LogP contribution is 2.17. The van der Waals surface area contributed by atoms with Gasteiger partial charge in [0.25, 0.3) is 8.32 Å². The molecule has 0 spiro atoms. The summed E-state index contributed by atoms with van der Waals surface area (Å²) in [6.07, 6.45) is 0.247. The van der Waals surface area contributed by atoms with Crippen LogP contribution in [0.1, 0.15) is 6.92 Å². The van der Waals surface area contributed by atoms with Gasteiger partial charge in [0.15, 0.2) is 8.32 Å². The van der Waals surface area contributed by atoms with Crippen LogP contribution in [0.5, 0.6) is 0 Å². The van der Waals surface area contributed by atoms with Crippen molar-refractivity contribution in [3.05, 3.63) is 72.8 Å². The van der Waals surface area contributed by atoms with Gasteiger partial charge in [0.2, 0.25) is 0 Å². The number of hydrogen-bond acceptors (Lipinski definition) is 3. The Hall–Kier alpha value is -1.96. The molecule has 132 valence electrons. The van der Waals surface area contributed by atoms with E-state index in [9.17, 15) is 4.79 Å².